The minimum Gasteiger partial charge on any atom is -0.493 e. The largest absolute Gasteiger partial charge is 0.493 e. The molecule has 3 aliphatic heterocycles. The second kappa shape index (κ2) is 11.2. The lowest BCUT2D eigenvalue weighted by Gasteiger charge is -2.39. The highest BCUT2D eigenvalue weighted by Crippen LogP contribution is 2.41. The number of anilines is 1. The molecule has 3 aliphatic rings. The first-order chi connectivity index (χ1) is 17.5. The zero-order chi connectivity index (χ0) is 25.0. The Balaban J connectivity index is 1.19. The quantitative estimate of drug-likeness (QED) is 0.581. The molecule has 3 fully saturated rings. The van der Waals surface area contributed by atoms with E-state index >= 15 is 0 Å². The van der Waals surface area contributed by atoms with Crippen molar-refractivity contribution in [2.75, 3.05) is 64.0 Å². The van der Waals surface area contributed by atoms with E-state index < -0.39 is 0 Å². The number of likely N-dealkylation sites (tertiary alicyclic amines) is 2. The molecule has 0 radical (unpaired) electrons. The first-order valence-corrected chi connectivity index (χ1v) is 13.5. The van der Waals surface area contributed by atoms with Crippen molar-refractivity contribution in [3.8, 4) is 5.75 Å². The lowest BCUT2D eigenvalue weighted by molar-refractivity contribution is 0.0711. The van der Waals surface area contributed by atoms with Gasteiger partial charge in [0.1, 0.15) is 11.6 Å². The Kier molecular flexibility index (Phi) is 7.77. The number of carbonyl (C=O) groups excluding carboxylic acids is 1. The van der Waals surface area contributed by atoms with Crippen molar-refractivity contribution in [3.63, 3.8) is 0 Å². The van der Waals surface area contributed by atoms with E-state index in [2.05, 4.69) is 57.8 Å². The van der Waals surface area contributed by atoms with Crippen LogP contribution in [-0.2, 0) is 11.3 Å². The number of piperidine rings is 1. The molecule has 0 unspecified atom stereocenters. The fourth-order valence-electron chi connectivity index (χ4n) is 5.74. The highest BCUT2D eigenvalue weighted by Gasteiger charge is 2.42. The molecular weight excluding hydrogens is 452 g/mol. The fraction of sp³-hybridized carbons (Fsp3) is 0.586. The van der Waals surface area contributed by atoms with Crippen molar-refractivity contribution < 1.29 is 14.3 Å². The summed E-state index contributed by atoms with van der Waals surface area (Å²) >= 11 is 0. The van der Waals surface area contributed by atoms with E-state index in [4.69, 9.17) is 9.47 Å². The third-order valence-corrected chi connectivity index (χ3v) is 7.91. The molecule has 7 nitrogen and oxygen atoms in total. The molecule has 1 amide bonds. The summed E-state index contributed by atoms with van der Waals surface area (Å²) in [5.74, 6) is 2.45. The maximum atomic E-state index is 13.6. The average Bonchev–Trinajstić information content (AvgIpc) is 3.33. The van der Waals surface area contributed by atoms with Gasteiger partial charge in [-0.2, -0.15) is 0 Å². The highest BCUT2D eigenvalue weighted by atomic mass is 16.5. The van der Waals surface area contributed by atoms with E-state index in [-0.39, 0.29) is 11.3 Å². The number of rotatable bonds is 7. The summed E-state index contributed by atoms with van der Waals surface area (Å²) in [6, 6.07) is 12.3. The first-order valence-electron chi connectivity index (χ1n) is 13.5. The molecule has 3 saturated heterocycles. The van der Waals surface area contributed by atoms with Crippen molar-refractivity contribution in [2.45, 2.75) is 39.7 Å². The van der Waals surface area contributed by atoms with E-state index in [1.807, 2.05) is 12.1 Å². The number of para-hydroxylation sites is 1. The summed E-state index contributed by atoms with van der Waals surface area (Å²) in [6.45, 7) is 12.8. The Morgan fingerprint density at radius 2 is 1.78 bits per heavy atom. The number of carbonyl (C=O) groups is 1. The molecule has 1 aromatic carbocycles. The zero-order valence-corrected chi connectivity index (χ0v) is 21.8. The van der Waals surface area contributed by atoms with Gasteiger partial charge >= 0.3 is 0 Å². The van der Waals surface area contributed by atoms with Crippen LogP contribution in [-0.4, -0.2) is 79.8 Å². The number of hydrogen-bond acceptors (Lipinski definition) is 6. The topological polar surface area (TPSA) is 58.1 Å². The van der Waals surface area contributed by atoms with Crippen LogP contribution in [0, 0.1) is 11.3 Å². The van der Waals surface area contributed by atoms with Crippen LogP contribution in [0.5, 0.6) is 5.75 Å². The van der Waals surface area contributed by atoms with Crippen LogP contribution >= 0.6 is 0 Å². The molecule has 1 aromatic heterocycles. The van der Waals surface area contributed by atoms with Gasteiger partial charge in [0.15, 0.2) is 0 Å². The summed E-state index contributed by atoms with van der Waals surface area (Å²) in [6.07, 6.45) is 5.15. The van der Waals surface area contributed by atoms with E-state index in [1.54, 1.807) is 6.20 Å². The first kappa shape index (κ1) is 25.0. The maximum Gasteiger partial charge on any atom is 0.257 e. The van der Waals surface area contributed by atoms with Gasteiger partial charge in [-0.3, -0.25) is 9.69 Å². The van der Waals surface area contributed by atoms with Gasteiger partial charge in [-0.25, -0.2) is 4.98 Å². The van der Waals surface area contributed by atoms with Gasteiger partial charge in [0.05, 0.1) is 25.4 Å². The van der Waals surface area contributed by atoms with Gasteiger partial charge in [-0.1, -0.05) is 32.0 Å². The minimum absolute atomic E-state index is 0.125. The number of ether oxygens (including phenoxy) is 2. The molecular formula is C29H40N4O3. The van der Waals surface area contributed by atoms with Crippen molar-refractivity contribution in [3.05, 3.63) is 53.7 Å². The van der Waals surface area contributed by atoms with Crippen LogP contribution in [0.1, 0.15) is 49.0 Å². The number of hydrogen-bond donors (Lipinski definition) is 0. The predicted molar refractivity (Wildman–Crippen MR) is 142 cm³/mol. The summed E-state index contributed by atoms with van der Waals surface area (Å²) in [5.41, 5.74) is 2.23. The SMILES string of the molecule is CC(C)COc1ccccc1CN1CCC2(CC1)CCN(C(=O)c1cccnc1N1CCOCC1)C2. The van der Waals surface area contributed by atoms with Crippen LogP contribution in [0.4, 0.5) is 5.82 Å². The van der Waals surface area contributed by atoms with Crippen LogP contribution in [0.2, 0.25) is 0 Å². The molecule has 2 aromatic rings. The van der Waals surface area contributed by atoms with Crippen molar-refractivity contribution >= 4 is 11.7 Å². The number of benzene rings is 1. The van der Waals surface area contributed by atoms with Crippen molar-refractivity contribution in [1.29, 1.82) is 0 Å². The molecule has 0 N–H and O–H groups in total. The molecule has 7 heteroatoms. The number of pyridine rings is 1. The van der Waals surface area contributed by atoms with Crippen molar-refractivity contribution in [2.24, 2.45) is 11.3 Å². The summed E-state index contributed by atoms with van der Waals surface area (Å²) in [4.78, 5) is 25.0. The van der Waals surface area contributed by atoms with Gasteiger partial charge < -0.3 is 19.3 Å². The Bertz CT molecular complexity index is 1030. The monoisotopic (exact) mass is 492 g/mol. The minimum atomic E-state index is 0.125. The normalized spacial score (nSPS) is 20.3. The Morgan fingerprint density at radius 3 is 2.56 bits per heavy atom. The smallest absolute Gasteiger partial charge is 0.257 e. The van der Waals surface area contributed by atoms with E-state index in [9.17, 15) is 4.79 Å². The zero-order valence-electron chi connectivity index (χ0n) is 21.8. The van der Waals surface area contributed by atoms with Crippen LogP contribution in [0.15, 0.2) is 42.6 Å². The second-order valence-electron chi connectivity index (χ2n) is 11.0. The molecule has 5 rings (SSSR count). The van der Waals surface area contributed by atoms with Gasteiger partial charge in [-0.05, 0) is 61.9 Å². The van der Waals surface area contributed by atoms with Crippen LogP contribution < -0.4 is 9.64 Å². The summed E-state index contributed by atoms with van der Waals surface area (Å²) in [5, 5.41) is 0. The Hall–Kier alpha value is -2.64. The van der Waals surface area contributed by atoms with Crippen molar-refractivity contribution in [1.82, 2.24) is 14.8 Å². The molecule has 1 spiro atoms. The Morgan fingerprint density at radius 1 is 1.03 bits per heavy atom. The summed E-state index contributed by atoms with van der Waals surface area (Å²) in [7, 11) is 0. The number of nitrogens with zero attached hydrogens (tertiary/aromatic N) is 4. The molecule has 0 bridgehead atoms. The average molecular weight is 493 g/mol. The van der Waals surface area contributed by atoms with Gasteiger partial charge in [0, 0.05) is 44.5 Å². The summed E-state index contributed by atoms with van der Waals surface area (Å²) < 4.78 is 11.6. The molecule has 0 atom stereocenters. The van der Waals surface area contributed by atoms with E-state index in [0.717, 1.165) is 88.8 Å². The highest BCUT2D eigenvalue weighted by molar-refractivity contribution is 5.99. The van der Waals surface area contributed by atoms with Crippen LogP contribution in [0.3, 0.4) is 0 Å². The van der Waals surface area contributed by atoms with Crippen LogP contribution in [0.25, 0.3) is 0 Å². The molecule has 0 saturated carbocycles. The molecule has 194 valence electrons. The standard InChI is InChI=1S/C29H40N4O3/c1-23(2)21-36-26-8-4-3-6-24(26)20-31-13-9-29(10-14-31)11-15-33(22-29)28(34)25-7-5-12-30-27(25)32-16-18-35-19-17-32/h3-8,12,23H,9-11,13-22H2,1-2H3. The van der Waals surface area contributed by atoms with Gasteiger partial charge in [0.25, 0.3) is 5.91 Å². The van der Waals surface area contributed by atoms with Gasteiger partial charge in [0.2, 0.25) is 0 Å². The second-order valence-corrected chi connectivity index (χ2v) is 11.0. The number of aromatic nitrogens is 1. The number of amides is 1. The van der Waals surface area contributed by atoms with E-state index in [1.165, 1.54) is 5.56 Å². The third kappa shape index (κ3) is 5.68. The third-order valence-electron chi connectivity index (χ3n) is 7.91. The predicted octanol–water partition coefficient (Wildman–Crippen LogP) is 4.08. The lowest BCUT2D eigenvalue weighted by atomic mass is 9.77. The molecule has 36 heavy (non-hydrogen) atoms. The fourth-order valence-corrected chi connectivity index (χ4v) is 5.74. The molecule has 4 heterocycles. The van der Waals surface area contributed by atoms with Gasteiger partial charge in [-0.15, -0.1) is 0 Å². The number of morpholine rings is 1. The maximum absolute atomic E-state index is 13.6. The Labute approximate surface area is 215 Å². The van der Waals surface area contributed by atoms with E-state index in [0.29, 0.717) is 19.1 Å². The lowest BCUT2D eigenvalue weighted by Crippen LogP contribution is -2.42. The molecule has 0 aliphatic carbocycles.